The van der Waals surface area contributed by atoms with Crippen LogP contribution in [0.1, 0.15) is 38.4 Å². The highest BCUT2D eigenvalue weighted by molar-refractivity contribution is 7.18. The van der Waals surface area contributed by atoms with E-state index in [0.29, 0.717) is 15.4 Å². The zero-order chi connectivity index (χ0) is 18.8. The number of carboxylic acids is 1. The Morgan fingerprint density at radius 1 is 1.23 bits per heavy atom. The van der Waals surface area contributed by atoms with Gasteiger partial charge in [-0.05, 0) is 55.5 Å². The summed E-state index contributed by atoms with van der Waals surface area (Å²) in [5, 5.41) is 14.8. The molecule has 1 saturated carbocycles. The van der Waals surface area contributed by atoms with Gasteiger partial charge in [0, 0.05) is 5.56 Å². The second kappa shape index (κ2) is 7.25. The number of nitrogens with one attached hydrogen (secondary N) is 2. The van der Waals surface area contributed by atoms with E-state index in [1.54, 1.807) is 13.0 Å². The van der Waals surface area contributed by atoms with Crippen LogP contribution in [0.25, 0.3) is 0 Å². The van der Waals surface area contributed by atoms with Crippen LogP contribution in [0.2, 0.25) is 0 Å². The van der Waals surface area contributed by atoms with Crippen LogP contribution in [0.5, 0.6) is 0 Å². The Balaban J connectivity index is 1.71. The smallest absolute Gasteiger partial charge is 0.326 e. The van der Waals surface area contributed by atoms with Crippen LogP contribution < -0.4 is 10.6 Å². The Hall–Kier alpha value is -2.74. The minimum Gasteiger partial charge on any atom is -0.480 e. The molecule has 2 amide bonds. The molecule has 1 aliphatic rings. The molecule has 0 radical (unpaired) electrons. The first kappa shape index (κ1) is 18.1. The van der Waals surface area contributed by atoms with Gasteiger partial charge >= 0.3 is 5.97 Å². The molecular formula is C18H17FN2O4S. The summed E-state index contributed by atoms with van der Waals surface area (Å²) in [5.41, 5.74) is 0.795. The van der Waals surface area contributed by atoms with E-state index < -0.39 is 29.6 Å². The second-order valence-corrected chi connectivity index (χ2v) is 7.27. The zero-order valence-electron chi connectivity index (χ0n) is 13.9. The summed E-state index contributed by atoms with van der Waals surface area (Å²) in [5.74, 6) is -2.55. The molecule has 3 N–H and O–H groups in total. The van der Waals surface area contributed by atoms with E-state index in [1.807, 2.05) is 0 Å². The van der Waals surface area contributed by atoms with Crippen LogP contribution in [0.15, 0.2) is 30.3 Å². The van der Waals surface area contributed by atoms with Crippen LogP contribution >= 0.6 is 11.3 Å². The lowest BCUT2D eigenvalue weighted by Crippen LogP contribution is -2.42. The number of aliphatic carboxylic acids is 1. The van der Waals surface area contributed by atoms with Crippen molar-refractivity contribution in [3.05, 3.63) is 52.2 Å². The Kier molecular flexibility index (Phi) is 5.03. The molecule has 2 aromatic rings. The number of aryl methyl sites for hydroxylation is 1. The molecule has 1 unspecified atom stereocenters. The fraction of sp³-hybridized carbons (Fsp3) is 0.278. The zero-order valence-corrected chi connectivity index (χ0v) is 14.7. The van der Waals surface area contributed by atoms with Gasteiger partial charge in [0.15, 0.2) is 0 Å². The number of anilines is 1. The Labute approximate surface area is 153 Å². The molecule has 1 fully saturated rings. The molecular weight excluding hydrogens is 359 g/mol. The Bertz CT molecular complexity index is 876. The minimum atomic E-state index is -1.05. The number of carbonyl (C=O) groups is 3. The largest absolute Gasteiger partial charge is 0.480 e. The summed E-state index contributed by atoms with van der Waals surface area (Å²) in [6, 6.07) is 6.02. The first-order valence-electron chi connectivity index (χ1n) is 8.06. The number of benzene rings is 1. The SMILES string of the molecule is Cc1cc(NC(=O)c2cccc(F)c2)sc1C(=O)NC(C(=O)O)C1CC1. The van der Waals surface area contributed by atoms with Crippen molar-refractivity contribution in [2.75, 3.05) is 5.32 Å². The third-order valence-electron chi connectivity index (χ3n) is 4.09. The van der Waals surface area contributed by atoms with E-state index in [4.69, 9.17) is 0 Å². The van der Waals surface area contributed by atoms with Crippen molar-refractivity contribution in [3.63, 3.8) is 0 Å². The lowest BCUT2D eigenvalue weighted by Gasteiger charge is -2.13. The van der Waals surface area contributed by atoms with Crippen molar-refractivity contribution >= 4 is 34.1 Å². The molecule has 1 aliphatic carbocycles. The molecule has 6 nitrogen and oxygen atoms in total. The van der Waals surface area contributed by atoms with Gasteiger partial charge in [-0.2, -0.15) is 0 Å². The lowest BCUT2D eigenvalue weighted by atomic mass is 10.2. The third kappa shape index (κ3) is 4.08. The van der Waals surface area contributed by atoms with Gasteiger partial charge in [-0.25, -0.2) is 9.18 Å². The molecule has 0 aliphatic heterocycles. The molecule has 0 bridgehead atoms. The highest BCUT2D eigenvalue weighted by Crippen LogP contribution is 2.33. The van der Waals surface area contributed by atoms with Crippen LogP contribution in [-0.4, -0.2) is 28.9 Å². The fourth-order valence-corrected chi connectivity index (χ4v) is 3.57. The summed E-state index contributed by atoms with van der Waals surface area (Å²) in [6.07, 6.45) is 1.57. The molecule has 0 spiro atoms. The first-order chi connectivity index (χ1) is 12.3. The summed E-state index contributed by atoms with van der Waals surface area (Å²) >= 11 is 1.05. The maximum Gasteiger partial charge on any atom is 0.326 e. The number of amides is 2. The van der Waals surface area contributed by atoms with Crippen LogP contribution in [0, 0.1) is 18.7 Å². The van der Waals surface area contributed by atoms with E-state index in [1.165, 1.54) is 18.2 Å². The molecule has 8 heteroatoms. The number of hydrogen-bond acceptors (Lipinski definition) is 4. The Morgan fingerprint density at radius 3 is 2.58 bits per heavy atom. The van der Waals surface area contributed by atoms with Crippen molar-refractivity contribution in [1.29, 1.82) is 0 Å². The average Bonchev–Trinajstić information content (AvgIpc) is 3.35. The molecule has 136 valence electrons. The summed E-state index contributed by atoms with van der Waals surface area (Å²) in [6.45, 7) is 1.70. The number of rotatable bonds is 6. The van der Waals surface area contributed by atoms with Crippen molar-refractivity contribution in [3.8, 4) is 0 Å². The number of hydrogen-bond donors (Lipinski definition) is 3. The third-order valence-corrected chi connectivity index (χ3v) is 5.24. The molecule has 0 saturated heterocycles. The standard InChI is InChI=1S/C18H17FN2O4S/c1-9-7-13(20-16(22)11-3-2-4-12(19)8-11)26-15(9)17(23)21-14(18(24)25)10-5-6-10/h2-4,7-8,10,14H,5-6H2,1H3,(H,20,22)(H,21,23)(H,24,25). The van der Waals surface area contributed by atoms with E-state index in [2.05, 4.69) is 10.6 Å². The van der Waals surface area contributed by atoms with Gasteiger partial charge in [0.1, 0.15) is 11.9 Å². The van der Waals surface area contributed by atoms with E-state index in [9.17, 15) is 23.9 Å². The van der Waals surface area contributed by atoms with Gasteiger partial charge in [-0.15, -0.1) is 11.3 Å². The van der Waals surface area contributed by atoms with E-state index in [0.717, 1.165) is 30.2 Å². The summed E-state index contributed by atoms with van der Waals surface area (Å²) in [7, 11) is 0. The van der Waals surface area contributed by atoms with Crippen LogP contribution in [-0.2, 0) is 4.79 Å². The summed E-state index contributed by atoms with van der Waals surface area (Å²) < 4.78 is 13.2. The number of halogens is 1. The monoisotopic (exact) mass is 376 g/mol. The van der Waals surface area contributed by atoms with Crippen LogP contribution in [0.3, 0.4) is 0 Å². The Morgan fingerprint density at radius 2 is 1.96 bits per heavy atom. The number of carboxylic acid groups (broad SMARTS) is 1. The lowest BCUT2D eigenvalue weighted by molar-refractivity contribution is -0.139. The highest BCUT2D eigenvalue weighted by atomic mass is 32.1. The molecule has 1 aromatic heterocycles. The van der Waals surface area contributed by atoms with Crippen LogP contribution in [0.4, 0.5) is 9.39 Å². The van der Waals surface area contributed by atoms with Gasteiger partial charge < -0.3 is 15.7 Å². The molecule has 1 atom stereocenters. The predicted molar refractivity (Wildman–Crippen MR) is 95.0 cm³/mol. The van der Waals surface area contributed by atoms with Gasteiger partial charge in [0.25, 0.3) is 11.8 Å². The number of carbonyl (C=O) groups excluding carboxylic acids is 2. The second-order valence-electron chi connectivity index (χ2n) is 6.21. The van der Waals surface area contributed by atoms with Crippen molar-refractivity contribution in [1.82, 2.24) is 5.32 Å². The fourth-order valence-electron chi connectivity index (χ4n) is 2.60. The minimum absolute atomic E-state index is 0.0242. The average molecular weight is 376 g/mol. The normalized spacial score (nSPS) is 14.5. The van der Waals surface area contributed by atoms with Gasteiger partial charge in [-0.3, -0.25) is 9.59 Å². The quantitative estimate of drug-likeness (QED) is 0.722. The maximum absolute atomic E-state index is 13.2. The van der Waals surface area contributed by atoms with Crippen molar-refractivity contribution < 1.29 is 23.9 Å². The maximum atomic E-state index is 13.2. The van der Waals surface area contributed by atoms with Crippen molar-refractivity contribution in [2.24, 2.45) is 5.92 Å². The molecule has 1 heterocycles. The predicted octanol–water partition coefficient (Wildman–Crippen LogP) is 3.04. The van der Waals surface area contributed by atoms with Gasteiger partial charge in [0.2, 0.25) is 0 Å². The van der Waals surface area contributed by atoms with E-state index >= 15 is 0 Å². The van der Waals surface area contributed by atoms with E-state index in [-0.39, 0.29) is 11.5 Å². The summed E-state index contributed by atoms with van der Waals surface area (Å²) in [4.78, 5) is 36.2. The molecule has 26 heavy (non-hydrogen) atoms. The van der Waals surface area contributed by atoms with Gasteiger partial charge in [0.05, 0.1) is 9.88 Å². The van der Waals surface area contributed by atoms with Gasteiger partial charge in [-0.1, -0.05) is 6.07 Å². The number of thiophene rings is 1. The molecule has 1 aromatic carbocycles. The van der Waals surface area contributed by atoms with Crippen molar-refractivity contribution in [2.45, 2.75) is 25.8 Å². The first-order valence-corrected chi connectivity index (χ1v) is 8.88. The molecule has 3 rings (SSSR count). The highest BCUT2D eigenvalue weighted by Gasteiger charge is 2.37. The topological polar surface area (TPSA) is 95.5 Å².